The van der Waals surface area contributed by atoms with Crippen molar-refractivity contribution in [2.45, 2.75) is 39.0 Å². The highest BCUT2D eigenvalue weighted by atomic mass is 15.6. The molecule has 0 aromatic carbocycles. The van der Waals surface area contributed by atoms with E-state index in [-0.39, 0.29) is 5.41 Å². The Morgan fingerprint density at radius 1 is 1.62 bits per heavy atom. The normalized spacial score (nSPS) is 29.2. The van der Waals surface area contributed by atoms with Crippen LogP contribution in [0.25, 0.3) is 0 Å². The monoisotopic (exact) mass is 219 g/mol. The van der Waals surface area contributed by atoms with Crippen LogP contribution in [-0.2, 0) is 13.5 Å². The largest absolute Gasteiger partial charge is 0.198 e. The molecule has 1 aromatic rings. The molecule has 0 aliphatic heterocycles. The van der Waals surface area contributed by atoms with Gasteiger partial charge in [0.1, 0.15) is 0 Å². The average Bonchev–Trinajstić information content (AvgIpc) is 2.87. The fraction of sp³-hybridized carbons (Fsp3) is 0.818. The Morgan fingerprint density at radius 2 is 2.44 bits per heavy atom. The lowest BCUT2D eigenvalue weighted by Gasteiger charge is -2.18. The molecule has 1 aliphatic carbocycles. The Morgan fingerprint density at radius 3 is 2.94 bits per heavy atom. The first-order valence-electron chi connectivity index (χ1n) is 5.81. The summed E-state index contributed by atoms with van der Waals surface area (Å²) >= 11 is 0. The molecule has 2 unspecified atom stereocenters. The second kappa shape index (κ2) is 4.20. The van der Waals surface area contributed by atoms with Gasteiger partial charge in [-0.15, -0.1) is 10.2 Å². The second-order valence-corrected chi connectivity index (χ2v) is 4.78. The highest BCUT2D eigenvalue weighted by Gasteiger charge is 2.39. The summed E-state index contributed by atoms with van der Waals surface area (Å²) in [5.74, 6) is 1.39. The molecule has 0 saturated heterocycles. The van der Waals surface area contributed by atoms with E-state index in [4.69, 9.17) is 0 Å². The van der Waals surface area contributed by atoms with Crippen molar-refractivity contribution in [3.8, 4) is 6.07 Å². The number of nitrogens with zero attached hydrogens (tertiary/aromatic N) is 5. The molecule has 0 N–H and O–H groups in total. The lowest BCUT2D eigenvalue weighted by Crippen LogP contribution is -2.19. The van der Waals surface area contributed by atoms with Gasteiger partial charge in [0.15, 0.2) is 5.82 Å². The highest BCUT2D eigenvalue weighted by molar-refractivity contribution is 5.08. The second-order valence-electron chi connectivity index (χ2n) is 4.78. The molecule has 5 heteroatoms. The van der Waals surface area contributed by atoms with E-state index in [0.29, 0.717) is 18.2 Å². The highest BCUT2D eigenvalue weighted by Crippen LogP contribution is 2.44. The van der Waals surface area contributed by atoms with E-state index in [2.05, 4.69) is 28.4 Å². The quantitative estimate of drug-likeness (QED) is 0.772. The molecule has 16 heavy (non-hydrogen) atoms. The number of hydrogen-bond donors (Lipinski definition) is 0. The SMILES string of the molecule is CCC1CCC(C#N)(Cc2nnn(C)n2)C1. The van der Waals surface area contributed by atoms with Crippen LogP contribution in [0.15, 0.2) is 0 Å². The number of tetrazole rings is 1. The molecule has 2 rings (SSSR count). The van der Waals surface area contributed by atoms with Crippen molar-refractivity contribution in [3.63, 3.8) is 0 Å². The first-order chi connectivity index (χ1) is 7.67. The smallest absolute Gasteiger partial charge is 0.176 e. The van der Waals surface area contributed by atoms with E-state index in [1.165, 1.54) is 4.80 Å². The molecule has 1 aromatic heterocycles. The molecular formula is C11H17N5. The maximum Gasteiger partial charge on any atom is 0.176 e. The van der Waals surface area contributed by atoms with E-state index in [1.54, 1.807) is 7.05 Å². The van der Waals surface area contributed by atoms with Crippen LogP contribution in [0.2, 0.25) is 0 Å². The van der Waals surface area contributed by atoms with E-state index in [1.807, 2.05) is 0 Å². The first kappa shape index (κ1) is 11.1. The van der Waals surface area contributed by atoms with Crippen molar-refractivity contribution in [3.05, 3.63) is 5.82 Å². The molecule has 0 radical (unpaired) electrons. The van der Waals surface area contributed by atoms with Gasteiger partial charge in [0.25, 0.3) is 0 Å². The van der Waals surface area contributed by atoms with Crippen LogP contribution in [-0.4, -0.2) is 20.2 Å². The Labute approximate surface area is 95.5 Å². The maximum atomic E-state index is 9.37. The number of nitriles is 1. The summed E-state index contributed by atoms with van der Waals surface area (Å²) in [5.41, 5.74) is -0.246. The van der Waals surface area contributed by atoms with Crippen LogP contribution in [0.5, 0.6) is 0 Å². The summed E-state index contributed by atoms with van der Waals surface area (Å²) in [6.07, 6.45) is 4.92. The summed E-state index contributed by atoms with van der Waals surface area (Å²) in [6, 6.07) is 2.48. The van der Waals surface area contributed by atoms with Gasteiger partial charge in [-0.3, -0.25) is 0 Å². The summed E-state index contributed by atoms with van der Waals surface area (Å²) in [4.78, 5) is 1.45. The topological polar surface area (TPSA) is 67.4 Å². The van der Waals surface area contributed by atoms with Gasteiger partial charge in [-0.1, -0.05) is 13.3 Å². The average molecular weight is 219 g/mol. The summed E-state index contributed by atoms with van der Waals surface area (Å²) < 4.78 is 0. The molecule has 1 aliphatic rings. The van der Waals surface area contributed by atoms with E-state index < -0.39 is 0 Å². The van der Waals surface area contributed by atoms with Crippen molar-refractivity contribution in [2.75, 3.05) is 0 Å². The molecule has 0 amide bonds. The fourth-order valence-corrected chi connectivity index (χ4v) is 2.58. The number of aryl methyl sites for hydroxylation is 1. The molecule has 5 nitrogen and oxygen atoms in total. The Bertz CT molecular complexity index is 405. The van der Waals surface area contributed by atoms with Crippen LogP contribution in [0, 0.1) is 22.7 Å². The predicted octanol–water partition coefficient (Wildman–Crippen LogP) is 1.47. The third kappa shape index (κ3) is 2.06. The minimum atomic E-state index is -0.246. The van der Waals surface area contributed by atoms with Crippen LogP contribution in [0.3, 0.4) is 0 Å². The molecular weight excluding hydrogens is 202 g/mol. The van der Waals surface area contributed by atoms with E-state index in [0.717, 1.165) is 25.7 Å². The zero-order valence-corrected chi connectivity index (χ0v) is 9.85. The molecule has 2 atom stereocenters. The molecule has 1 saturated carbocycles. The Kier molecular flexibility index (Phi) is 2.90. The summed E-state index contributed by atoms with van der Waals surface area (Å²) in [7, 11) is 1.75. The fourth-order valence-electron chi connectivity index (χ4n) is 2.58. The van der Waals surface area contributed by atoms with Gasteiger partial charge in [0.05, 0.1) is 18.5 Å². The zero-order chi connectivity index (χ0) is 11.6. The maximum absolute atomic E-state index is 9.37. The minimum Gasteiger partial charge on any atom is -0.198 e. The number of aromatic nitrogens is 4. The third-order valence-corrected chi connectivity index (χ3v) is 3.57. The zero-order valence-electron chi connectivity index (χ0n) is 9.85. The van der Waals surface area contributed by atoms with Crippen LogP contribution < -0.4 is 0 Å². The Hall–Kier alpha value is -1.44. The van der Waals surface area contributed by atoms with E-state index in [9.17, 15) is 5.26 Å². The van der Waals surface area contributed by atoms with Crippen molar-refractivity contribution >= 4 is 0 Å². The van der Waals surface area contributed by atoms with Gasteiger partial charge in [0.2, 0.25) is 0 Å². The van der Waals surface area contributed by atoms with E-state index >= 15 is 0 Å². The van der Waals surface area contributed by atoms with Gasteiger partial charge in [-0.25, -0.2) is 0 Å². The van der Waals surface area contributed by atoms with Crippen LogP contribution in [0.1, 0.15) is 38.4 Å². The van der Waals surface area contributed by atoms with Crippen molar-refractivity contribution in [2.24, 2.45) is 18.4 Å². The van der Waals surface area contributed by atoms with Crippen LogP contribution in [0.4, 0.5) is 0 Å². The van der Waals surface area contributed by atoms with Gasteiger partial charge >= 0.3 is 0 Å². The van der Waals surface area contributed by atoms with Crippen molar-refractivity contribution in [1.29, 1.82) is 5.26 Å². The minimum absolute atomic E-state index is 0.246. The number of rotatable bonds is 3. The summed E-state index contributed by atoms with van der Waals surface area (Å²) in [6.45, 7) is 2.19. The van der Waals surface area contributed by atoms with Gasteiger partial charge < -0.3 is 0 Å². The Balaban J connectivity index is 2.09. The van der Waals surface area contributed by atoms with Gasteiger partial charge in [-0.2, -0.15) is 10.1 Å². The molecule has 1 heterocycles. The lowest BCUT2D eigenvalue weighted by atomic mass is 9.83. The lowest BCUT2D eigenvalue weighted by molar-refractivity contribution is 0.372. The van der Waals surface area contributed by atoms with Gasteiger partial charge in [-0.05, 0) is 30.4 Å². The number of hydrogen-bond acceptors (Lipinski definition) is 4. The third-order valence-electron chi connectivity index (χ3n) is 3.57. The molecule has 86 valence electrons. The van der Waals surface area contributed by atoms with Gasteiger partial charge in [0, 0.05) is 6.42 Å². The standard InChI is InChI=1S/C11H17N5/c1-3-9-4-5-11(6-9,8-12)7-10-13-15-16(2)14-10/h9H,3-7H2,1-2H3. The first-order valence-corrected chi connectivity index (χ1v) is 5.81. The molecule has 0 spiro atoms. The van der Waals surface area contributed by atoms with Crippen molar-refractivity contribution < 1.29 is 0 Å². The predicted molar refractivity (Wildman–Crippen MR) is 58.2 cm³/mol. The summed E-state index contributed by atoms with van der Waals surface area (Å²) in [5, 5.41) is 21.3. The molecule has 0 bridgehead atoms. The van der Waals surface area contributed by atoms with Crippen molar-refractivity contribution in [1.82, 2.24) is 20.2 Å². The van der Waals surface area contributed by atoms with Crippen LogP contribution >= 0.6 is 0 Å². The molecule has 1 fully saturated rings.